The van der Waals surface area contributed by atoms with Gasteiger partial charge in [-0.3, -0.25) is 14.7 Å². The number of benzene rings is 2. The molecule has 200 valence electrons. The summed E-state index contributed by atoms with van der Waals surface area (Å²) in [7, 11) is -4.38. The molecule has 0 aliphatic rings. The highest BCUT2D eigenvalue weighted by Gasteiger charge is 2.14. The number of sulfone groups is 1. The van der Waals surface area contributed by atoms with Crippen LogP contribution in [0.2, 0.25) is 0 Å². The zero-order chi connectivity index (χ0) is 26.8. The van der Waals surface area contributed by atoms with Gasteiger partial charge in [0.25, 0.3) is 5.91 Å². The van der Waals surface area contributed by atoms with Crippen LogP contribution >= 0.6 is 19.6 Å². The molecule has 2 aromatic carbocycles. The molecule has 1 N–H and O–H groups in total. The molecule has 1 atom stereocenters. The maximum atomic E-state index is 13.0. The third-order valence-electron chi connectivity index (χ3n) is 4.56. The van der Waals surface area contributed by atoms with Crippen LogP contribution in [0.1, 0.15) is 23.0 Å². The molecule has 1 amide bonds. The lowest BCUT2D eigenvalue weighted by Gasteiger charge is -2.12. The minimum Gasteiger partial charge on any atom is -0.491 e. The summed E-state index contributed by atoms with van der Waals surface area (Å²) in [6.07, 6.45) is 1.12. The van der Waals surface area contributed by atoms with E-state index in [9.17, 15) is 17.8 Å². The zero-order valence-electron chi connectivity index (χ0n) is 20.4. The number of aromatic nitrogens is 1. The van der Waals surface area contributed by atoms with Crippen molar-refractivity contribution in [3.63, 3.8) is 0 Å². The maximum absolute atomic E-state index is 13.0. The second kappa shape index (κ2) is 13.7. The van der Waals surface area contributed by atoms with Crippen molar-refractivity contribution in [1.82, 2.24) is 4.98 Å². The van der Waals surface area contributed by atoms with Crippen LogP contribution in [0, 0.1) is 0 Å². The van der Waals surface area contributed by atoms with Crippen molar-refractivity contribution >= 4 is 40.5 Å². The summed E-state index contributed by atoms with van der Waals surface area (Å²) in [6, 6.07) is 10.6. The number of hydrogen-bond donors (Lipinski definition) is 1. The van der Waals surface area contributed by atoms with Crippen molar-refractivity contribution in [3.05, 3.63) is 59.1 Å². The number of rotatable bonds is 14. The van der Waals surface area contributed by atoms with Crippen molar-refractivity contribution in [2.24, 2.45) is 0 Å². The molecule has 3 rings (SSSR count). The summed E-state index contributed by atoms with van der Waals surface area (Å²) in [5, 5.41) is 4.71. The molecule has 0 saturated heterocycles. The van der Waals surface area contributed by atoms with Gasteiger partial charge >= 0.3 is 8.25 Å². The Hall–Kier alpha value is -2.80. The summed E-state index contributed by atoms with van der Waals surface area (Å²) in [5.41, 5.74) is 0.739. The Bertz CT molecular complexity index is 1330. The van der Waals surface area contributed by atoms with Gasteiger partial charge in [0, 0.05) is 30.4 Å². The first-order valence-corrected chi connectivity index (χ1v) is 15.0. The molecule has 0 aliphatic heterocycles. The zero-order valence-corrected chi connectivity index (χ0v) is 23.0. The number of methoxy groups -OCH3 is 1. The van der Waals surface area contributed by atoms with Crippen molar-refractivity contribution < 1.29 is 41.0 Å². The van der Waals surface area contributed by atoms with E-state index in [0.29, 0.717) is 34.7 Å². The Kier molecular flexibility index (Phi) is 10.6. The van der Waals surface area contributed by atoms with Crippen LogP contribution in [0.25, 0.3) is 0 Å². The van der Waals surface area contributed by atoms with Gasteiger partial charge in [-0.1, -0.05) is 0 Å². The normalized spacial score (nSPS) is 12.2. The number of nitrogens with zero attached hydrogens (tertiary/aromatic N) is 1. The molecule has 1 aromatic heterocycles. The summed E-state index contributed by atoms with van der Waals surface area (Å²) >= 11 is 1.19. The van der Waals surface area contributed by atoms with E-state index in [-0.39, 0.29) is 30.3 Å². The molecule has 3 aromatic rings. The monoisotopic (exact) mass is 570 g/mol. The third kappa shape index (κ3) is 9.22. The number of carbonyl (C=O) groups is 1. The van der Waals surface area contributed by atoms with E-state index < -0.39 is 24.0 Å². The second-order valence-corrected chi connectivity index (χ2v) is 11.4. The molecule has 0 aliphatic carbocycles. The lowest BCUT2D eigenvalue weighted by Crippen LogP contribution is -2.13. The highest BCUT2D eigenvalue weighted by atomic mass is 32.2. The Morgan fingerprint density at radius 1 is 1.05 bits per heavy atom. The lowest BCUT2D eigenvalue weighted by molar-refractivity contribution is 0.102. The van der Waals surface area contributed by atoms with Gasteiger partial charge in [0.15, 0.2) is 15.0 Å². The Balaban J connectivity index is 1.75. The predicted octanol–water partition coefficient (Wildman–Crippen LogP) is 4.56. The van der Waals surface area contributed by atoms with Crippen LogP contribution in [0.4, 0.5) is 5.13 Å². The van der Waals surface area contributed by atoms with E-state index in [1.165, 1.54) is 41.7 Å². The summed E-state index contributed by atoms with van der Waals surface area (Å²) in [5.74, 6) is 0.603. The number of amides is 1. The summed E-state index contributed by atoms with van der Waals surface area (Å²) < 4.78 is 61.5. The molecule has 0 fully saturated rings. The van der Waals surface area contributed by atoms with Gasteiger partial charge in [0.05, 0.1) is 30.4 Å². The van der Waals surface area contributed by atoms with Crippen LogP contribution in [-0.4, -0.2) is 52.5 Å². The minimum atomic E-state index is -3.34. The van der Waals surface area contributed by atoms with Gasteiger partial charge in [0.1, 0.15) is 23.9 Å². The average Bonchev–Trinajstić information content (AvgIpc) is 3.30. The lowest BCUT2D eigenvalue weighted by atomic mass is 10.2. The van der Waals surface area contributed by atoms with Gasteiger partial charge in [0.2, 0.25) is 0 Å². The van der Waals surface area contributed by atoms with Crippen molar-refractivity contribution in [2.45, 2.75) is 18.4 Å². The van der Waals surface area contributed by atoms with Crippen molar-refractivity contribution in [1.29, 1.82) is 0 Å². The van der Waals surface area contributed by atoms with E-state index >= 15 is 0 Å². The SMILES string of the molecule is CCO[PH](=O)OCc1csc(NC(=O)c2cc(OCCOC)cc(Oc3ccc(S(C)(=O)=O)cc3)c2)n1. The van der Waals surface area contributed by atoms with E-state index in [1.807, 2.05) is 0 Å². The quantitative estimate of drug-likeness (QED) is 0.217. The van der Waals surface area contributed by atoms with Gasteiger partial charge in [-0.25, -0.2) is 13.4 Å². The van der Waals surface area contributed by atoms with E-state index in [4.69, 9.17) is 23.3 Å². The van der Waals surface area contributed by atoms with Crippen LogP contribution in [0.5, 0.6) is 17.2 Å². The minimum absolute atomic E-state index is 0.0108. The number of thiazole rings is 1. The number of nitrogens with one attached hydrogen (secondary N) is 1. The first-order valence-electron chi connectivity index (χ1n) is 11.0. The van der Waals surface area contributed by atoms with Crippen molar-refractivity contribution in [3.8, 4) is 17.2 Å². The molecule has 0 spiro atoms. The fourth-order valence-electron chi connectivity index (χ4n) is 2.87. The molecular formula is C23H27N2O9PS2. The summed E-state index contributed by atoms with van der Waals surface area (Å²) in [4.78, 5) is 17.4. The Morgan fingerprint density at radius 2 is 1.78 bits per heavy atom. The second-order valence-electron chi connectivity index (χ2n) is 7.45. The van der Waals surface area contributed by atoms with Gasteiger partial charge in [-0.15, -0.1) is 11.3 Å². The largest absolute Gasteiger partial charge is 0.491 e. The number of anilines is 1. The number of carbonyl (C=O) groups excluding carboxylic acids is 1. The third-order valence-corrected chi connectivity index (χ3v) is 7.40. The molecule has 0 radical (unpaired) electrons. The summed E-state index contributed by atoms with van der Waals surface area (Å²) in [6.45, 7) is 2.58. The topological polar surface area (TPSA) is 139 Å². The fraction of sp³-hybridized carbons (Fsp3) is 0.304. The van der Waals surface area contributed by atoms with Gasteiger partial charge < -0.3 is 23.3 Å². The molecule has 1 heterocycles. The molecule has 0 saturated carbocycles. The smallest absolute Gasteiger partial charge is 0.319 e. The van der Waals surface area contributed by atoms with Gasteiger partial charge in [-0.05, 0) is 43.3 Å². The van der Waals surface area contributed by atoms with Crippen LogP contribution in [0.15, 0.2) is 52.7 Å². The number of ether oxygens (including phenoxy) is 3. The molecule has 37 heavy (non-hydrogen) atoms. The van der Waals surface area contributed by atoms with Crippen molar-refractivity contribution in [2.75, 3.05) is 38.5 Å². The molecule has 14 heteroatoms. The molecular weight excluding hydrogens is 543 g/mol. The van der Waals surface area contributed by atoms with Crippen LogP contribution in [0.3, 0.4) is 0 Å². The average molecular weight is 571 g/mol. The molecule has 0 bridgehead atoms. The highest BCUT2D eigenvalue weighted by Crippen LogP contribution is 2.30. The first-order chi connectivity index (χ1) is 17.7. The van der Waals surface area contributed by atoms with E-state index in [0.717, 1.165) is 6.26 Å². The highest BCUT2D eigenvalue weighted by molar-refractivity contribution is 7.90. The predicted molar refractivity (Wildman–Crippen MR) is 139 cm³/mol. The molecule has 1 unspecified atom stereocenters. The first kappa shape index (κ1) is 28.8. The van der Waals surface area contributed by atoms with Crippen LogP contribution < -0.4 is 14.8 Å². The fourth-order valence-corrected chi connectivity index (χ4v) is 4.78. The van der Waals surface area contributed by atoms with E-state index in [2.05, 4.69) is 10.3 Å². The standard InChI is InChI=1S/C23H27N2O9PS2/c1-4-32-35(27)33-14-17-15-36-23(24-17)25-22(26)16-11-19(31-10-9-30-2)13-20(12-16)34-18-5-7-21(8-6-18)37(3,28)29/h5-8,11-13,15,35H,4,9-10,14H2,1-3H3,(H,24,25,26). The Labute approximate surface area is 219 Å². The molecule has 11 nitrogen and oxygen atoms in total. The van der Waals surface area contributed by atoms with Crippen LogP contribution in [-0.2, 0) is 34.8 Å². The van der Waals surface area contributed by atoms with E-state index in [1.54, 1.807) is 31.5 Å². The van der Waals surface area contributed by atoms with Gasteiger partial charge in [-0.2, -0.15) is 0 Å². The Morgan fingerprint density at radius 3 is 2.46 bits per heavy atom. The number of hydrogen-bond acceptors (Lipinski definition) is 11. The maximum Gasteiger partial charge on any atom is 0.319 e.